The summed E-state index contributed by atoms with van der Waals surface area (Å²) in [5, 5.41) is 4.08. The first-order valence-corrected chi connectivity index (χ1v) is 8.67. The van der Waals surface area contributed by atoms with Gasteiger partial charge in [-0.15, -0.1) is 11.3 Å². The average Bonchev–Trinajstić information content (AvgIpc) is 3.06. The van der Waals surface area contributed by atoms with Crippen molar-refractivity contribution < 1.29 is 4.52 Å². The molecule has 2 aromatic heterocycles. The van der Waals surface area contributed by atoms with Crippen molar-refractivity contribution in [3.63, 3.8) is 0 Å². The molecule has 21 heavy (non-hydrogen) atoms. The van der Waals surface area contributed by atoms with Gasteiger partial charge in [-0.3, -0.25) is 0 Å². The lowest BCUT2D eigenvalue weighted by Gasteiger charge is -2.34. The summed E-state index contributed by atoms with van der Waals surface area (Å²) < 4.78 is 6.49. The molecule has 0 amide bonds. The number of rotatable bonds is 3. The third-order valence-electron chi connectivity index (χ3n) is 4.33. The fourth-order valence-corrected chi connectivity index (χ4v) is 4.29. The third kappa shape index (κ3) is 2.97. The Hall–Kier alpha value is -0.620. The molecule has 0 aliphatic heterocycles. The van der Waals surface area contributed by atoms with Crippen LogP contribution in [0, 0.1) is 5.92 Å². The molecule has 0 saturated heterocycles. The normalized spacial score (nSPS) is 26.2. The molecule has 1 saturated carbocycles. The van der Waals surface area contributed by atoms with Crippen molar-refractivity contribution >= 4 is 34.5 Å². The van der Waals surface area contributed by atoms with Crippen molar-refractivity contribution in [2.24, 2.45) is 11.7 Å². The molecule has 1 fully saturated rings. The van der Waals surface area contributed by atoms with Crippen molar-refractivity contribution in [3.05, 3.63) is 20.6 Å². The Kier molecular flexibility index (Phi) is 4.28. The largest absolute Gasteiger partial charge is 0.334 e. The molecular formula is C14H17Cl2N3OS. The summed E-state index contributed by atoms with van der Waals surface area (Å²) in [6.07, 6.45) is 5.21. The molecular weight excluding hydrogens is 329 g/mol. The first kappa shape index (κ1) is 15.3. The zero-order chi connectivity index (χ0) is 15.0. The van der Waals surface area contributed by atoms with Crippen molar-refractivity contribution in [2.45, 2.75) is 44.6 Å². The summed E-state index contributed by atoms with van der Waals surface area (Å²) >= 11 is 13.4. The molecule has 4 nitrogen and oxygen atoms in total. The van der Waals surface area contributed by atoms with Crippen LogP contribution in [-0.4, -0.2) is 10.1 Å². The molecule has 0 spiro atoms. The van der Waals surface area contributed by atoms with Crippen LogP contribution >= 0.6 is 34.5 Å². The third-order valence-corrected chi connectivity index (χ3v) is 5.82. The molecule has 0 aromatic carbocycles. The Labute approximate surface area is 137 Å². The maximum atomic E-state index is 6.49. The van der Waals surface area contributed by atoms with E-state index in [1.165, 1.54) is 17.8 Å². The molecule has 1 aliphatic rings. The first-order valence-electron chi connectivity index (χ1n) is 7.10. The van der Waals surface area contributed by atoms with E-state index in [2.05, 4.69) is 17.1 Å². The van der Waals surface area contributed by atoms with Gasteiger partial charge in [-0.05, 0) is 37.7 Å². The number of aromatic nitrogens is 2. The van der Waals surface area contributed by atoms with Crippen LogP contribution in [-0.2, 0) is 5.54 Å². The topological polar surface area (TPSA) is 64.9 Å². The van der Waals surface area contributed by atoms with Crippen LogP contribution in [0.2, 0.25) is 8.67 Å². The molecule has 114 valence electrons. The predicted octanol–water partition coefficient (Wildman–Crippen LogP) is 4.86. The molecule has 0 radical (unpaired) electrons. The highest BCUT2D eigenvalue weighted by Crippen LogP contribution is 2.40. The van der Waals surface area contributed by atoms with Crippen LogP contribution in [0.5, 0.6) is 0 Å². The van der Waals surface area contributed by atoms with Gasteiger partial charge in [-0.2, -0.15) is 4.98 Å². The smallest absolute Gasteiger partial charge is 0.260 e. The van der Waals surface area contributed by atoms with Crippen molar-refractivity contribution in [1.82, 2.24) is 10.1 Å². The summed E-state index contributed by atoms with van der Waals surface area (Å²) in [6.45, 7) is 2.23. The van der Waals surface area contributed by atoms with E-state index < -0.39 is 5.54 Å². The second kappa shape index (κ2) is 5.88. The van der Waals surface area contributed by atoms with E-state index in [1.54, 1.807) is 6.07 Å². The summed E-state index contributed by atoms with van der Waals surface area (Å²) in [7, 11) is 0. The van der Waals surface area contributed by atoms with Crippen LogP contribution in [0.4, 0.5) is 0 Å². The minimum atomic E-state index is -0.486. The average molecular weight is 346 g/mol. The van der Waals surface area contributed by atoms with Gasteiger partial charge in [0.1, 0.15) is 4.34 Å². The highest BCUT2D eigenvalue weighted by molar-refractivity contribution is 7.20. The first-order chi connectivity index (χ1) is 10.0. The van der Waals surface area contributed by atoms with Crippen molar-refractivity contribution in [1.29, 1.82) is 0 Å². The van der Waals surface area contributed by atoms with Gasteiger partial charge in [0.15, 0.2) is 5.82 Å². The zero-order valence-corrected chi connectivity index (χ0v) is 14.1. The fraction of sp³-hybridized carbons (Fsp3) is 0.571. The van der Waals surface area contributed by atoms with Gasteiger partial charge in [0.05, 0.1) is 15.4 Å². The minimum absolute atomic E-state index is 0.389. The Morgan fingerprint density at radius 1 is 1.43 bits per heavy atom. The predicted molar refractivity (Wildman–Crippen MR) is 85.7 cm³/mol. The van der Waals surface area contributed by atoms with Gasteiger partial charge in [0.25, 0.3) is 5.89 Å². The molecule has 7 heteroatoms. The van der Waals surface area contributed by atoms with E-state index in [-0.39, 0.29) is 0 Å². The van der Waals surface area contributed by atoms with Gasteiger partial charge in [-0.1, -0.05) is 41.7 Å². The molecule has 2 heterocycles. The number of nitrogens with zero attached hydrogens (tertiary/aromatic N) is 2. The van der Waals surface area contributed by atoms with Gasteiger partial charge in [0.2, 0.25) is 0 Å². The Morgan fingerprint density at radius 2 is 2.14 bits per heavy atom. The molecule has 2 N–H and O–H groups in total. The minimum Gasteiger partial charge on any atom is -0.334 e. The summed E-state index contributed by atoms with van der Waals surface area (Å²) in [5.41, 5.74) is 6.68. The Bertz CT molecular complexity index is 632. The second-order valence-electron chi connectivity index (χ2n) is 5.67. The quantitative estimate of drug-likeness (QED) is 0.862. The highest BCUT2D eigenvalue weighted by Gasteiger charge is 2.37. The number of hydrogen-bond donors (Lipinski definition) is 1. The standard InChI is InChI=1S/C14H17Cl2N3OS/c1-2-8-3-5-14(17,6-4-8)13-18-12(20-19-13)9-7-10(15)21-11(9)16/h7-8H,2-6,17H2,1H3. The van der Waals surface area contributed by atoms with E-state index in [9.17, 15) is 0 Å². The lowest BCUT2D eigenvalue weighted by atomic mass is 9.76. The van der Waals surface area contributed by atoms with E-state index in [0.29, 0.717) is 26.0 Å². The van der Waals surface area contributed by atoms with Crippen LogP contribution in [0.15, 0.2) is 10.6 Å². The Balaban J connectivity index is 1.83. The molecule has 0 atom stereocenters. The SMILES string of the molecule is CCC1CCC(N)(c2noc(-c3cc(Cl)sc3Cl)n2)CC1. The lowest BCUT2D eigenvalue weighted by Crippen LogP contribution is -2.41. The second-order valence-corrected chi connectivity index (χ2v) is 7.95. The van der Waals surface area contributed by atoms with Crippen molar-refractivity contribution in [3.8, 4) is 11.5 Å². The van der Waals surface area contributed by atoms with Crippen molar-refractivity contribution in [2.75, 3.05) is 0 Å². The van der Waals surface area contributed by atoms with E-state index >= 15 is 0 Å². The molecule has 0 unspecified atom stereocenters. The highest BCUT2D eigenvalue weighted by atomic mass is 35.5. The maximum absolute atomic E-state index is 6.49. The van der Waals surface area contributed by atoms with E-state index in [4.69, 9.17) is 33.5 Å². The summed E-state index contributed by atoms with van der Waals surface area (Å²) in [5.74, 6) is 1.73. The van der Waals surface area contributed by atoms with Crippen LogP contribution in [0.25, 0.3) is 11.5 Å². The molecule has 2 aromatic rings. The zero-order valence-electron chi connectivity index (χ0n) is 11.7. The lowest BCUT2D eigenvalue weighted by molar-refractivity contribution is 0.216. The van der Waals surface area contributed by atoms with Gasteiger partial charge < -0.3 is 10.3 Å². The monoisotopic (exact) mass is 345 g/mol. The van der Waals surface area contributed by atoms with Crippen LogP contribution < -0.4 is 5.73 Å². The Morgan fingerprint density at radius 3 is 2.71 bits per heavy atom. The van der Waals surface area contributed by atoms with Gasteiger partial charge in [0, 0.05) is 0 Å². The van der Waals surface area contributed by atoms with E-state index in [0.717, 1.165) is 31.6 Å². The fourth-order valence-electron chi connectivity index (χ4n) is 2.85. The van der Waals surface area contributed by atoms with E-state index in [1.807, 2.05) is 0 Å². The molecule has 1 aliphatic carbocycles. The van der Waals surface area contributed by atoms with Gasteiger partial charge in [-0.25, -0.2) is 0 Å². The maximum Gasteiger partial charge on any atom is 0.260 e. The number of nitrogens with two attached hydrogens (primary N) is 1. The number of halogens is 2. The summed E-state index contributed by atoms with van der Waals surface area (Å²) in [4.78, 5) is 4.46. The molecule has 0 bridgehead atoms. The number of thiophene rings is 1. The summed E-state index contributed by atoms with van der Waals surface area (Å²) in [6, 6.07) is 1.74. The van der Waals surface area contributed by atoms with Crippen LogP contribution in [0.1, 0.15) is 44.9 Å². The van der Waals surface area contributed by atoms with Gasteiger partial charge >= 0.3 is 0 Å². The number of hydrogen-bond acceptors (Lipinski definition) is 5. The van der Waals surface area contributed by atoms with Crippen LogP contribution in [0.3, 0.4) is 0 Å². The molecule has 3 rings (SSSR count).